The summed E-state index contributed by atoms with van der Waals surface area (Å²) >= 11 is 0. The van der Waals surface area contributed by atoms with Gasteiger partial charge in [0.15, 0.2) is 0 Å². The summed E-state index contributed by atoms with van der Waals surface area (Å²) in [6, 6.07) is 56.1. The third kappa shape index (κ3) is 24.6. The van der Waals surface area contributed by atoms with Crippen molar-refractivity contribution in [3.05, 3.63) is 232 Å². The van der Waals surface area contributed by atoms with Gasteiger partial charge in [-0.25, -0.2) is 4.99 Å². The fourth-order valence-corrected chi connectivity index (χ4v) is 9.30. The van der Waals surface area contributed by atoms with Crippen molar-refractivity contribution in [2.45, 2.75) is 0 Å². The van der Waals surface area contributed by atoms with Crippen LogP contribution in [0.25, 0.3) is 0 Å². The van der Waals surface area contributed by atoms with Crippen molar-refractivity contribution in [2.75, 3.05) is 139 Å². The van der Waals surface area contributed by atoms with Crippen molar-refractivity contribution in [1.29, 1.82) is 5.41 Å². The summed E-state index contributed by atoms with van der Waals surface area (Å²) in [6.07, 6.45) is 3.35. The fraction of sp³-hybridized carbons (Fsp3) is 0.191. The molecule has 0 saturated heterocycles. The number of nitro groups is 2. The van der Waals surface area contributed by atoms with Crippen molar-refractivity contribution >= 4 is 115 Å². The van der Waals surface area contributed by atoms with E-state index >= 15 is 0 Å². The second kappa shape index (κ2) is 41.8. The Kier molecular flexibility index (Phi) is 33.5. The lowest BCUT2D eigenvalue weighted by Crippen LogP contribution is -2.29. The van der Waals surface area contributed by atoms with Gasteiger partial charge >= 0.3 is 0 Å². The molecule has 23 N–H and O–H groups in total. The van der Waals surface area contributed by atoms with Crippen molar-refractivity contribution in [2.24, 2.45) is 10.7 Å². The van der Waals surface area contributed by atoms with Crippen LogP contribution in [-0.4, -0.2) is 155 Å². The van der Waals surface area contributed by atoms with E-state index in [0.717, 1.165) is 58.7 Å². The second-order valence-electron chi connectivity index (χ2n) is 20.2. The summed E-state index contributed by atoms with van der Waals surface area (Å²) in [6.45, 7) is 2.18. The quantitative estimate of drug-likeness (QED) is 0.00715. The molecular formula is C68H84N16O13. The molecule has 0 saturated carbocycles. The fourth-order valence-electron chi connectivity index (χ4n) is 9.30. The van der Waals surface area contributed by atoms with Crippen LogP contribution in [0, 0.1) is 25.6 Å². The number of hydrogen-bond acceptors (Lipinski definition) is 26. The minimum Gasteiger partial charge on any atom is -0.483 e. The molecule has 8 aromatic carbocycles. The molecule has 0 amide bonds. The first-order chi connectivity index (χ1) is 46.5. The van der Waals surface area contributed by atoms with E-state index in [1.165, 1.54) is 6.07 Å². The highest BCUT2D eigenvalue weighted by atomic mass is 16.6. The maximum Gasteiger partial charge on any atom is 0.299 e. The molecule has 0 aliphatic heterocycles. The zero-order valence-corrected chi connectivity index (χ0v) is 53.4. The number of nitrogen functional groups attached to an aromatic ring is 2. The molecule has 0 radical (unpaired) electrons. The summed E-state index contributed by atoms with van der Waals surface area (Å²) in [5.41, 5.74) is 29.3. The van der Waals surface area contributed by atoms with Crippen LogP contribution in [0.3, 0.4) is 0 Å². The third-order valence-electron chi connectivity index (χ3n) is 13.8. The lowest BCUT2D eigenvalue weighted by atomic mass is 10.0. The average Bonchev–Trinajstić information content (AvgIpc) is 0.815. The molecule has 0 fully saturated rings. The van der Waals surface area contributed by atoms with Gasteiger partial charge in [0.25, 0.3) is 17.8 Å². The van der Waals surface area contributed by atoms with Gasteiger partial charge in [0.2, 0.25) is 0 Å². The molecule has 0 unspecified atom stereocenters. The van der Waals surface area contributed by atoms with Crippen molar-refractivity contribution in [1.82, 2.24) is 6.15 Å². The predicted octanol–water partition coefficient (Wildman–Crippen LogP) is 8.80. The van der Waals surface area contributed by atoms with Gasteiger partial charge in [-0.05, 0) is 140 Å². The molecule has 0 aromatic heterocycles. The van der Waals surface area contributed by atoms with Crippen LogP contribution in [0.1, 0.15) is 0 Å². The molecule has 8 aromatic rings. The highest BCUT2D eigenvalue weighted by Crippen LogP contribution is 2.40. The number of carboxylic acid groups (broad SMARTS) is 1. The number of aliphatic hydroxyl groups excluding tert-OH is 7. The Morgan fingerprint density at radius 1 is 0.454 bits per heavy atom. The average molecular weight is 1330 g/mol. The van der Waals surface area contributed by atoms with Gasteiger partial charge < -0.3 is 105 Å². The number of rotatable bonds is 28. The molecule has 514 valence electrons. The van der Waals surface area contributed by atoms with Crippen LogP contribution in [0.2, 0.25) is 0 Å². The summed E-state index contributed by atoms with van der Waals surface area (Å²) < 4.78 is 0. The summed E-state index contributed by atoms with van der Waals surface area (Å²) in [5.74, 6) is 0. The Hall–Kier alpha value is -11.7. The van der Waals surface area contributed by atoms with Gasteiger partial charge in [-0.2, -0.15) is 0 Å². The smallest absolute Gasteiger partial charge is 0.299 e. The standard InChI is InChI=1S/C22H23N5O6.C22H27N5O2.C22H25N5O2.CH2O2.CH4O.H3N/c28-12-10-25(11-13-29)18-8-6-17(7-9-18)24-20-14-19(23-16-4-2-1-3-5-16)21(26(30)31)15-22(20)27(32)33;2*23-19-14-20(24)22(15-21(19)25-16-4-2-1-3-5-16)26-17-6-8-18(9-7-17)27(10-12-28)11-13-29;2-1-3;1-2;/h1-9,14-15,23-24,28-29H,10-13H2;1-9,14-15,25-26,28-29H,10-13,23-24H2;1-9,14-15,24-25,28-29H,10-13,23H2;1H,(H,2,3);2H,1H3;1H3. The lowest BCUT2D eigenvalue weighted by Gasteiger charge is -2.23. The minimum atomic E-state index is -0.680. The molecule has 29 heteroatoms. The van der Waals surface area contributed by atoms with Gasteiger partial charge in [-0.3, -0.25) is 30.4 Å². The number of aliphatic imine (C=N–C) groups is 1. The lowest BCUT2D eigenvalue weighted by molar-refractivity contribution is -0.393. The maximum atomic E-state index is 11.6. The molecular weight excluding hydrogens is 1250 g/mol. The van der Waals surface area contributed by atoms with Crippen LogP contribution in [-0.2, 0) is 4.79 Å². The van der Waals surface area contributed by atoms with E-state index in [0.29, 0.717) is 84.8 Å². The van der Waals surface area contributed by atoms with Crippen LogP contribution in [0.4, 0.5) is 96.7 Å². The first-order valence-corrected chi connectivity index (χ1v) is 29.8. The Balaban J connectivity index is 0.000000298. The normalized spacial score (nSPS) is 11.4. The van der Waals surface area contributed by atoms with Gasteiger partial charge in [-0.1, -0.05) is 54.6 Å². The van der Waals surface area contributed by atoms with Crippen molar-refractivity contribution in [3.8, 4) is 0 Å². The zero-order chi connectivity index (χ0) is 69.8. The van der Waals surface area contributed by atoms with E-state index in [9.17, 15) is 50.9 Å². The number of nitro benzene ring substituents is 2. The number of benzene rings is 8. The molecule has 0 spiro atoms. The molecule has 97 heavy (non-hydrogen) atoms. The van der Waals surface area contributed by atoms with E-state index in [4.69, 9.17) is 37.6 Å². The highest BCUT2D eigenvalue weighted by Gasteiger charge is 2.25. The van der Waals surface area contributed by atoms with E-state index in [1.807, 2.05) is 125 Å². The van der Waals surface area contributed by atoms with Gasteiger partial charge in [0.1, 0.15) is 11.4 Å². The molecule has 0 atom stereocenters. The number of aliphatic hydroxyl groups is 7. The first kappa shape index (κ1) is 77.8. The molecule has 0 heterocycles. The molecule has 9 rings (SSSR count). The van der Waals surface area contributed by atoms with Gasteiger partial charge in [-0.15, -0.1) is 0 Å². The summed E-state index contributed by atoms with van der Waals surface area (Å²) in [7, 11) is 1.00. The number of anilines is 14. The van der Waals surface area contributed by atoms with E-state index in [2.05, 4.69) is 31.6 Å². The van der Waals surface area contributed by atoms with Crippen molar-refractivity contribution in [3.63, 3.8) is 0 Å². The van der Waals surface area contributed by atoms with E-state index in [1.54, 1.807) is 77.7 Å². The zero-order valence-electron chi connectivity index (χ0n) is 53.4. The number of allylic oxidation sites excluding steroid dienone is 2. The number of para-hydroxylation sites is 3. The number of nitrogens with zero attached hydrogens (tertiary/aromatic N) is 6. The Morgan fingerprint density at radius 2 is 0.753 bits per heavy atom. The number of nitrogens with two attached hydrogens (primary N) is 3. The summed E-state index contributed by atoms with van der Waals surface area (Å²) in [4.78, 5) is 40.3. The SMILES string of the molecule is CO.N.N=C1C=C(N)C(Nc2ccccc2)=CC1=Nc1ccc(N(CCO)CCO)cc1.Nc1cc(N)c(Nc2ccc(N(CCO)CCO)cc2)cc1Nc1ccccc1.O=CO.O=[N+]([O-])c1cc([N+](=O)[O-])c(Nc2ccc(N(CCO)CCO)cc2)cc1Nc1ccccc1. The van der Waals surface area contributed by atoms with Crippen molar-refractivity contribution < 1.29 is 55.5 Å². The molecule has 1 aliphatic rings. The minimum absolute atomic E-state index is 0. The summed E-state index contributed by atoms with van der Waals surface area (Å²) in [5, 5.41) is 116. The van der Waals surface area contributed by atoms with Crippen LogP contribution in [0.5, 0.6) is 0 Å². The largest absolute Gasteiger partial charge is 0.483 e. The van der Waals surface area contributed by atoms with Gasteiger partial charge in [0, 0.05) is 91.9 Å². The van der Waals surface area contributed by atoms with Gasteiger partial charge in [0.05, 0.1) is 107 Å². The first-order valence-electron chi connectivity index (χ1n) is 29.8. The number of hydrogen-bond donors (Lipinski definition) is 18. The third-order valence-corrected chi connectivity index (χ3v) is 13.8. The van der Waals surface area contributed by atoms with Crippen LogP contribution < -0.4 is 64.6 Å². The Labute approximate surface area is 560 Å². The molecule has 1 aliphatic carbocycles. The predicted molar refractivity (Wildman–Crippen MR) is 387 cm³/mol. The van der Waals surface area contributed by atoms with E-state index in [-0.39, 0.29) is 69.4 Å². The number of carbonyl (C=O) groups is 1. The highest BCUT2D eigenvalue weighted by molar-refractivity contribution is 6.50. The Bertz CT molecular complexity index is 3780. The topological polar surface area (TPSA) is 484 Å². The number of nitrogens with one attached hydrogen (secondary N) is 6. The second-order valence-corrected chi connectivity index (χ2v) is 20.2. The van der Waals surface area contributed by atoms with Crippen LogP contribution in [0.15, 0.2) is 217 Å². The molecule has 29 nitrogen and oxygen atoms in total. The van der Waals surface area contributed by atoms with E-state index < -0.39 is 21.2 Å². The molecule has 0 bridgehead atoms. The Morgan fingerprint density at radius 3 is 1.08 bits per heavy atom. The van der Waals surface area contributed by atoms with Crippen LogP contribution >= 0.6 is 0 Å². The monoisotopic (exact) mass is 1330 g/mol. The maximum absolute atomic E-state index is 11.6.